The monoisotopic (exact) mass is 242 g/mol. The maximum atomic E-state index is 5.79. The third-order valence-electron chi connectivity index (χ3n) is 2.57. The highest BCUT2D eigenvalue weighted by molar-refractivity contribution is 5.29. The molecule has 1 unspecified atom stereocenters. The highest BCUT2D eigenvalue weighted by atomic mass is 16.5. The van der Waals surface area contributed by atoms with Crippen LogP contribution in [-0.2, 0) is 13.0 Å². The van der Waals surface area contributed by atoms with Gasteiger partial charge < -0.3 is 10.5 Å². The molecule has 1 aromatic carbocycles. The van der Waals surface area contributed by atoms with E-state index in [2.05, 4.69) is 11.1 Å². The van der Waals surface area contributed by atoms with Crippen LogP contribution in [-0.4, -0.2) is 11.0 Å². The first kappa shape index (κ1) is 12.6. The lowest BCUT2D eigenvalue weighted by Gasteiger charge is -2.09. The van der Waals surface area contributed by atoms with E-state index in [1.165, 1.54) is 5.56 Å². The standard InChI is InChI=1S/C15H18N2O/c1-12(16)9-13-5-4-7-15(10-13)18-11-14-6-2-3-8-17-14/h2-8,10,12H,9,11,16H2,1H3. The van der Waals surface area contributed by atoms with Crippen LogP contribution in [0.2, 0.25) is 0 Å². The van der Waals surface area contributed by atoms with E-state index in [-0.39, 0.29) is 6.04 Å². The van der Waals surface area contributed by atoms with Crippen molar-refractivity contribution < 1.29 is 4.74 Å². The first-order chi connectivity index (χ1) is 8.74. The second kappa shape index (κ2) is 6.17. The molecule has 0 aliphatic carbocycles. The van der Waals surface area contributed by atoms with Gasteiger partial charge in [-0.1, -0.05) is 18.2 Å². The van der Waals surface area contributed by atoms with Gasteiger partial charge in [0.25, 0.3) is 0 Å². The average Bonchev–Trinajstić information content (AvgIpc) is 2.37. The van der Waals surface area contributed by atoms with Gasteiger partial charge in [-0.05, 0) is 43.2 Å². The zero-order valence-corrected chi connectivity index (χ0v) is 10.5. The van der Waals surface area contributed by atoms with Gasteiger partial charge in [0.15, 0.2) is 0 Å². The zero-order chi connectivity index (χ0) is 12.8. The Bertz CT molecular complexity index is 483. The van der Waals surface area contributed by atoms with Gasteiger partial charge in [-0.25, -0.2) is 0 Å². The topological polar surface area (TPSA) is 48.1 Å². The maximum absolute atomic E-state index is 5.79. The van der Waals surface area contributed by atoms with Crippen LogP contribution in [0.3, 0.4) is 0 Å². The molecule has 1 aromatic heterocycles. The maximum Gasteiger partial charge on any atom is 0.130 e. The van der Waals surface area contributed by atoms with E-state index in [9.17, 15) is 0 Å². The van der Waals surface area contributed by atoms with E-state index >= 15 is 0 Å². The van der Waals surface area contributed by atoms with Crippen LogP contribution < -0.4 is 10.5 Å². The highest BCUT2D eigenvalue weighted by Crippen LogP contribution is 2.15. The van der Waals surface area contributed by atoms with Crippen LogP contribution in [0.5, 0.6) is 5.75 Å². The van der Waals surface area contributed by atoms with Crippen LogP contribution in [0.25, 0.3) is 0 Å². The number of hydrogen-bond acceptors (Lipinski definition) is 3. The first-order valence-corrected chi connectivity index (χ1v) is 6.11. The Balaban J connectivity index is 1.97. The Kier molecular flexibility index (Phi) is 4.31. The molecule has 0 fully saturated rings. The van der Waals surface area contributed by atoms with E-state index in [0.29, 0.717) is 6.61 Å². The summed E-state index contributed by atoms with van der Waals surface area (Å²) in [5, 5.41) is 0. The minimum Gasteiger partial charge on any atom is -0.487 e. The number of aromatic nitrogens is 1. The number of nitrogens with zero attached hydrogens (tertiary/aromatic N) is 1. The van der Waals surface area contributed by atoms with Gasteiger partial charge in [-0.15, -0.1) is 0 Å². The quantitative estimate of drug-likeness (QED) is 0.876. The third kappa shape index (κ3) is 3.86. The van der Waals surface area contributed by atoms with Crippen molar-refractivity contribution in [3.63, 3.8) is 0 Å². The van der Waals surface area contributed by atoms with Crippen molar-refractivity contribution in [3.05, 3.63) is 59.9 Å². The average molecular weight is 242 g/mol. The summed E-state index contributed by atoms with van der Waals surface area (Å²) in [6.07, 6.45) is 2.63. The van der Waals surface area contributed by atoms with Crippen molar-refractivity contribution in [1.29, 1.82) is 0 Å². The highest BCUT2D eigenvalue weighted by Gasteiger charge is 2.01. The number of hydrogen-bond donors (Lipinski definition) is 1. The lowest BCUT2D eigenvalue weighted by molar-refractivity contribution is 0.301. The first-order valence-electron chi connectivity index (χ1n) is 6.11. The van der Waals surface area contributed by atoms with Gasteiger partial charge >= 0.3 is 0 Å². The third-order valence-corrected chi connectivity index (χ3v) is 2.57. The minimum atomic E-state index is 0.163. The number of benzene rings is 1. The fraction of sp³-hybridized carbons (Fsp3) is 0.267. The summed E-state index contributed by atoms with van der Waals surface area (Å²) < 4.78 is 5.71. The van der Waals surface area contributed by atoms with Crippen molar-refractivity contribution in [2.75, 3.05) is 0 Å². The summed E-state index contributed by atoms with van der Waals surface area (Å²) >= 11 is 0. The molecule has 0 saturated carbocycles. The van der Waals surface area contributed by atoms with E-state index in [1.807, 2.05) is 43.3 Å². The van der Waals surface area contributed by atoms with Gasteiger partial charge in [0.2, 0.25) is 0 Å². The molecule has 18 heavy (non-hydrogen) atoms. The molecule has 0 aliphatic heterocycles. The fourth-order valence-corrected chi connectivity index (χ4v) is 1.77. The molecule has 1 atom stereocenters. The Hall–Kier alpha value is -1.87. The largest absolute Gasteiger partial charge is 0.487 e. The molecule has 0 spiro atoms. The molecule has 3 heteroatoms. The minimum absolute atomic E-state index is 0.163. The smallest absolute Gasteiger partial charge is 0.130 e. The molecule has 3 nitrogen and oxygen atoms in total. The van der Waals surface area contributed by atoms with Gasteiger partial charge in [0, 0.05) is 12.2 Å². The molecule has 0 radical (unpaired) electrons. The lowest BCUT2D eigenvalue weighted by Crippen LogP contribution is -2.17. The van der Waals surface area contributed by atoms with Crippen molar-refractivity contribution in [2.45, 2.75) is 26.0 Å². The van der Waals surface area contributed by atoms with Gasteiger partial charge in [0.1, 0.15) is 12.4 Å². The molecule has 0 bridgehead atoms. The molecule has 2 N–H and O–H groups in total. The predicted octanol–water partition coefficient (Wildman–Crippen LogP) is 2.55. The van der Waals surface area contributed by atoms with Crippen LogP contribution >= 0.6 is 0 Å². The second-order valence-electron chi connectivity index (χ2n) is 4.44. The number of nitrogens with two attached hydrogens (primary N) is 1. The van der Waals surface area contributed by atoms with Crippen LogP contribution in [0.4, 0.5) is 0 Å². The molecule has 1 heterocycles. The molecule has 0 saturated heterocycles. The summed E-state index contributed by atoms with van der Waals surface area (Å²) in [6.45, 7) is 2.49. The van der Waals surface area contributed by atoms with Gasteiger partial charge in [-0.2, -0.15) is 0 Å². The Morgan fingerprint density at radius 1 is 1.22 bits per heavy atom. The van der Waals surface area contributed by atoms with Crippen molar-refractivity contribution in [1.82, 2.24) is 4.98 Å². The van der Waals surface area contributed by atoms with E-state index in [0.717, 1.165) is 17.9 Å². The zero-order valence-electron chi connectivity index (χ0n) is 10.5. The van der Waals surface area contributed by atoms with Gasteiger partial charge in [-0.3, -0.25) is 4.98 Å². The Morgan fingerprint density at radius 3 is 2.83 bits per heavy atom. The van der Waals surface area contributed by atoms with E-state index in [4.69, 9.17) is 10.5 Å². The second-order valence-corrected chi connectivity index (χ2v) is 4.44. The molecular formula is C15H18N2O. The summed E-state index contributed by atoms with van der Waals surface area (Å²) in [7, 11) is 0. The van der Waals surface area contributed by atoms with Crippen LogP contribution in [0, 0.1) is 0 Å². The van der Waals surface area contributed by atoms with Crippen molar-refractivity contribution in [2.24, 2.45) is 5.73 Å². The molecule has 0 aliphatic rings. The number of rotatable bonds is 5. The summed E-state index contributed by atoms with van der Waals surface area (Å²) in [5.74, 6) is 0.860. The number of ether oxygens (including phenoxy) is 1. The number of pyridine rings is 1. The Morgan fingerprint density at radius 2 is 2.11 bits per heavy atom. The predicted molar refractivity (Wildman–Crippen MR) is 72.4 cm³/mol. The van der Waals surface area contributed by atoms with Crippen LogP contribution in [0.1, 0.15) is 18.2 Å². The molecule has 2 aromatic rings. The van der Waals surface area contributed by atoms with Crippen molar-refractivity contribution >= 4 is 0 Å². The molecule has 2 rings (SSSR count). The lowest BCUT2D eigenvalue weighted by atomic mass is 10.1. The van der Waals surface area contributed by atoms with Crippen molar-refractivity contribution in [3.8, 4) is 5.75 Å². The van der Waals surface area contributed by atoms with Crippen LogP contribution in [0.15, 0.2) is 48.7 Å². The summed E-state index contributed by atoms with van der Waals surface area (Å²) in [5.41, 5.74) is 7.91. The molecular weight excluding hydrogens is 224 g/mol. The SMILES string of the molecule is CC(N)Cc1cccc(OCc2ccccn2)c1. The molecule has 0 amide bonds. The summed E-state index contributed by atoms with van der Waals surface area (Å²) in [4.78, 5) is 4.22. The fourth-order valence-electron chi connectivity index (χ4n) is 1.77. The Labute approximate surface area is 108 Å². The van der Waals surface area contributed by atoms with E-state index < -0.39 is 0 Å². The van der Waals surface area contributed by atoms with E-state index in [1.54, 1.807) is 6.20 Å². The summed E-state index contributed by atoms with van der Waals surface area (Å²) in [6, 6.07) is 14.0. The normalized spacial score (nSPS) is 12.1. The van der Waals surface area contributed by atoms with Gasteiger partial charge in [0.05, 0.1) is 5.69 Å². The molecule has 94 valence electrons.